The third-order valence-corrected chi connectivity index (χ3v) is 7.84. The number of ether oxygens (including phenoxy) is 2. The lowest BCUT2D eigenvalue weighted by molar-refractivity contribution is -0.113. The summed E-state index contributed by atoms with van der Waals surface area (Å²) in [6.45, 7) is 5.20. The first kappa shape index (κ1) is 24.9. The number of aliphatic hydroxyl groups is 1. The van der Waals surface area contributed by atoms with Crippen LogP contribution in [0.2, 0.25) is 0 Å². The molecule has 2 aromatic rings. The van der Waals surface area contributed by atoms with Crippen LogP contribution in [0.1, 0.15) is 36.8 Å². The Bertz CT molecular complexity index is 802. The number of hydrogen-bond acceptors (Lipinski definition) is 6. The van der Waals surface area contributed by atoms with Gasteiger partial charge in [0.25, 0.3) is 0 Å². The van der Waals surface area contributed by atoms with Gasteiger partial charge in [-0.3, -0.25) is 14.7 Å². The second kappa shape index (κ2) is 12.4. The quantitative estimate of drug-likeness (QED) is 0.564. The predicted molar refractivity (Wildman–Crippen MR) is 138 cm³/mol. The van der Waals surface area contributed by atoms with Crippen LogP contribution in [0.4, 0.5) is 0 Å². The molecule has 3 aliphatic heterocycles. The largest absolute Gasteiger partial charge is 0.395 e. The van der Waals surface area contributed by atoms with E-state index >= 15 is 0 Å². The maximum atomic E-state index is 9.83. The van der Waals surface area contributed by atoms with Gasteiger partial charge in [-0.25, -0.2) is 0 Å². The van der Waals surface area contributed by atoms with Crippen molar-refractivity contribution in [1.29, 1.82) is 0 Å². The van der Waals surface area contributed by atoms with E-state index in [2.05, 4.69) is 75.4 Å². The van der Waals surface area contributed by atoms with Gasteiger partial charge in [0, 0.05) is 31.8 Å². The standard InChI is InChI=1S/C29H41N3O3/c33-16-15-30-21-31(26(28-13-7-17-34-28)19-24-9-3-1-4-10-24)23-32(22-30)27(29-14-8-18-35-29)20-25-11-5-2-6-12-25/h1-6,9-12,26-29,33H,7-8,13-23H2. The van der Waals surface area contributed by atoms with Gasteiger partial charge in [-0.2, -0.15) is 0 Å². The maximum Gasteiger partial charge on any atom is 0.0735 e. The summed E-state index contributed by atoms with van der Waals surface area (Å²) in [5.41, 5.74) is 2.72. The van der Waals surface area contributed by atoms with Crippen molar-refractivity contribution in [3.8, 4) is 0 Å². The fraction of sp³-hybridized carbons (Fsp3) is 0.586. The number of β-amino-alcohol motifs (C(OH)–C–C–N with tert-alkyl or cyclic N) is 1. The van der Waals surface area contributed by atoms with E-state index in [9.17, 15) is 5.11 Å². The maximum absolute atomic E-state index is 9.83. The van der Waals surface area contributed by atoms with Crippen molar-refractivity contribution in [2.24, 2.45) is 0 Å². The number of hydrogen-bond donors (Lipinski definition) is 1. The summed E-state index contributed by atoms with van der Waals surface area (Å²) in [4.78, 5) is 7.60. The van der Waals surface area contributed by atoms with Gasteiger partial charge in [0.15, 0.2) is 0 Å². The summed E-state index contributed by atoms with van der Waals surface area (Å²) < 4.78 is 12.5. The highest BCUT2D eigenvalue weighted by atomic mass is 16.5. The summed E-state index contributed by atoms with van der Waals surface area (Å²) in [5.74, 6) is 0. The Morgan fingerprint density at radius 1 is 0.714 bits per heavy atom. The Labute approximate surface area is 210 Å². The first-order valence-corrected chi connectivity index (χ1v) is 13.4. The highest BCUT2D eigenvalue weighted by molar-refractivity contribution is 5.18. The van der Waals surface area contributed by atoms with Crippen molar-refractivity contribution in [2.45, 2.75) is 62.8 Å². The fourth-order valence-electron chi connectivity index (χ4n) is 6.10. The van der Waals surface area contributed by atoms with Crippen LogP contribution in [0.3, 0.4) is 0 Å². The number of aliphatic hydroxyl groups excluding tert-OH is 1. The molecular weight excluding hydrogens is 438 g/mol. The molecule has 6 heteroatoms. The Kier molecular flexibility index (Phi) is 8.84. The fourth-order valence-corrected chi connectivity index (χ4v) is 6.10. The lowest BCUT2D eigenvalue weighted by Crippen LogP contribution is -2.64. The molecule has 4 unspecified atom stereocenters. The van der Waals surface area contributed by atoms with Crippen LogP contribution in [0.5, 0.6) is 0 Å². The van der Waals surface area contributed by atoms with Crippen LogP contribution in [-0.2, 0) is 22.3 Å². The third kappa shape index (κ3) is 6.50. The minimum absolute atomic E-state index is 0.175. The number of rotatable bonds is 10. The van der Waals surface area contributed by atoms with Gasteiger partial charge in [-0.15, -0.1) is 0 Å². The summed E-state index contributed by atoms with van der Waals surface area (Å²) in [6, 6.07) is 22.3. The van der Waals surface area contributed by atoms with Gasteiger partial charge in [-0.1, -0.05) is 60.7 Å². The molecule has 3 fully saturated rings. The van der Waals surface area contributed by atoms with E-state index in [0.29, 0.717) is 18.6 Å². The molecular formula is C29H41N3O3. The number of benzene rings is 2. The monoisotopic (exact) mass is 479 g/mol. The zero-order valence-electron chi connectivity index (χ0n) is 20.9. The Morgan fingerprint density at radius 2 is 1.20 bits per heavy atom. The molecule has 35 heavy (non-hydrogen) atoms. The molecule has 2 aromatic carbocycles. The van der Waals surface area contributed by atoms with Crippen LogP contribution in [0, 0.1) is 0 Å². The van der Waals surface area contributed by atoms with Crippen molar-refractivity contribution >= 4 is 0 Å². The van der Waals surface area contributed by atoms with Gasteiger partial charge >= 0.3 is 0 Å². The highest BCUT2D eigenvalue weighted by Crippen LogP contribution is 2.29. The van der Waals surface area contributed by atoms with E-state index in [-0.39, 0.29) is 18.8 Å². The Morgan fingerprint density at radius 3 is 1.60 bits per heavy atom. The SMILES string of the molecule is OCCN1CN(C(Cc2ccccc2)C2CCCO2)CN(C(Cc2ccccc2)C2CCCO2)C1. The molecule has 0 amide bonds. The van der Waals surface area contributed by atoms with E-state index < -0.39 is 0 Å². The average molecular weight is 480 g/mol. The lowest BCUT2D eigenvalue weighted by atomic mass is 9.96. The average Bonchev–Trinajstić information content (AvgIpc) is 3.62. The first-order chi connectivity index (χ1) is 17.3. The molecule has 4 atom stereocenters. The molecule has 6 nitrogen and oxygen atoms in total. The zero-order valence-corrected chi connectivity index (χ0v) is 20.9. The lowest BCUT2D eigenvalue weighted by Gasteiger charge is -2.49. The number of nitrogens with zero attached hydrogens (tertiary/aromatic N) is 3. The van der Waals surface area contributed by atoms with E-state index in [4.69, 9.17) is 9.47 Å². The minimum atomic E-state index is 0.175. The van der Waals surface area contributed by atoms with Crippen molar-refractivity contribution in [3.05, 3.63) is 71.8 Å². The van der Waals surface area contributed by atoms with Crippen LogP contribution in [0.15, 0.2) is 60.7 Å². The zero-order chi connectivity index (χ0) is 23.9. The molecule has 5 rings (SSSR count). The van der Waals surface area contributed by atoms with Crippen molar-refractivity contribution < 1.29 is 14.6 Å². The van der Waals surface area contributed by atoms with E-state index in [1.165, 1.54) is 11.1 Å². The Balaban J connectivity index is 1.40. The van der Waals surface area contributed by atoms with E-state index in [1.54, 1.807) is 0 Å². The minimum Gasteiger partial charge on any atom is -0.395 e. The van der Waals surface area contributed by atoms with Crippen molar-refractivity contribution in [2.75, 3.05) is 46.4 Å². The molecule has 3 saturated heterocycles. The van der Waals surface area contributed by atoms with E-state index in [0.717, 1.165) is 71.7 Å². The van der Waals surface area contributed by atoms with Crippen LogP contribution in [-0.4, -0.2) is 90.5 Å². The molecule has 0 aliphatic carbocycles. The molecule has 0 bridgehead atoms. The van der Waals surface area contributed by atoms with Gasteiger partial charge in [-0.05, 0) is 49.7 Å². The van der Waals surface area contributed by atoms with Crippen LogP contribution in [0.25, 0.3) is 0 Å². The predicted octanol–water partition coefficient (Wildman–Crippen LogP) is 3.35. The molecule has 0 aromatic heterocycles. The smallest absolute Gasteiger partial charge is 0.0735 e. The summed E-state index contributed by atoms with van der Waals surface area (Å²) in [5, 5.41) is 9.83. The summed E-state index contributed by atoms with van der Waals surface area (Å²) >= 11 is 0. The van der Waals surface area contributed by atoms with E-state index in [1.807, 2.05) is 0 Å². The molecule has 0 spiro atoms. The van der Waals surface area contributed by atoms with Gasteiger partial charge in [0.1, 0.15) is 0 Å². The third-order valence-electron chi connectivity index (χ3n) is 7.84. The van der Waals surface area contributed by atoms with Crippen molar-refractivity contribution in [3.63, 3.8) is 0 Å². The molecule has 3 heterocycles. The topological polar surface area (TPSA) is 48.4 Å². The molecule has 190 valence electrons. The van der Waals surface area contributed by atoms with Gasteiger partial charge in [0.2, 0.25) is 0 Å². The first-order valence-electron chi connectivity index (χ1n) is 13.4. The molecule has 0 radical (unpaired) electrons. The summed E-state index contributed by atoms with van der Waals surface area (Å²) in [7, 11) is 0. The van der Waals surface area contributed by atoms with Gasteiger partial charge in [0.05, 0.1) is 38.8 Å². The van der Waals surface area contributed by atoms with Crippen molar-refractivity contribution in [1.82, 2.24) is 14.7 Å². The second-order valence-corrected chi connectivity index (χ2v) is 10.3. The Hall–Kier alpha value is -1.80. The molecule has 1 N–H and O–H groups in total. The highest BCUT2D eigenvalue weighted by Gasteiger charge is 2.39. The van der Waals surface area contributed by atoms with Crippen LogP contribution >= 0.6 is 0 Å². The second-order valence-electron chi connectivity index (χ2n) is 10.3. The molecule has 3 aliphatic rings. The van der Waals surface area contributed by atoms with Gasteiger partial charge < -0.3 is 14.6 Å². The normalized spacial score (nSPS) is 26.2. The molecule has 0 saturated carbocycles. The summed E-state index contributed by atoms with van der Waals surface area (Å²) in [6.07, 6.45) is 6.98. The van der Waals surface area contributed by atoms with Crippen LogP contribution < -0.4 is 0 Å².